The molecule has 0 saturated heterocycles. The van der Waals surface area contributed by atoms with Crippen LogP contribution in [-0.4, -0.2) is 34.7 Å². The fourth-order valence-electron chi connectivity index (χ4n) is 2.29. The summed E-state index contributed by atoms with van der Waals surface area (Å²) >= 11 is 1.15. The Morgan fingerprint density at radius 1 is 1.32 bits per heavy atom. The van der Waals surface area contributed by atoms with Crippen molar-refractivity contribution in [2.75, 3.05) is 14.2 Å². The smallest absolute Gasteiger partial charge is 0.347 e. The summed E-state index contributed by atoms with van der Waals surface area (Å²) in [5.41, 5.74) is 2.17. The van der Waals surface area contributed by atoms with Crippen molar-refractivity contribution in [3.63, 3.8) is 0 Å². The normalized spacial score (nSPS) is 10.9. The highest BCUT2D eigenvalue weighted by molar-refractivity contribution is 7.19. The highest BCUT2D eigenvalue weighted by atomic mass is 32.1. The number of rotatable bonds is 4. The van der Waals surface area contributed by atoms with E-state index in [1.165, 1.54) is 0 Å². The summed E-state index contributed by atoms with van der Waals surface area (Å²) in [5, 5.41) is 9.15. The number of methoxy groups -OCH3 is 2. The van der Waals surface area contributed by atoms with E-state index in [9.17, 15) is 4.79 Å². The lowest BCUT2D eigenvalue weighted by Gasteiger charge is -2.08. The molecule has 3 aromatic rings. The maximum atomic E-state index is 11.2. The standard InChI is InChI=1S/C15H14N2O4S/c1-8-13(14(18)19)22-15-16-11(7-17(8)15)10-6-9(20-2)4-5-12(10)21-3/h4-7H,1-3H3,(H,18,19). The van der Waals surface area contributed by atoms with Gasteiger partial charge in [0.2, 0.25) is 0 Å². The third kappa shape index (κ3) is 2.19. The SMILES string of the molecule is COc1ccc(OC)c(-c2cn3c(C)c(C(=O)O)sc3n2)c1. The number of fused-ring (bicyclic) bond motifs is 1. The van der Waals surface area contributed by atoms with E-state index in [0.717, 1.165) is 16.9 Å². The maximum Gasteiger partial charge on any atom is 0.347 e. The molecule has 0 amide bonds. The molecule has 1 N–H and O–H groups in total. The number of carbonyl (C=O) groups is 1. The van der Waals surface area contributed by atoms with Crippen LogP contribution in [0.5, 0.6) is 11.5 Å². The molecular weight excluding hydrogens is 304 g/mol. The van der Waals surface area contributed by atoms with Gasteiger partial charge in [0.25, 0.3) is 0 Å². The first-order chi connectivity index (χ1) is 10.5. The van der Waals surface area contributed by atoms with Gasteiger partial charge in [-0.25, -0.2) is 9.78 Å². The van der Waals surface area contributed by atoms with E-state index in [2.05, 4.69) is 4.98 Å². The highest BCUT2D eigenvalue weighted by Gasteiger charge is 2.18. The molecule has 0 aliphatic carbocycles. The number of aromatic carboxylic acids is 1. The number of aromatic nitrogens is 2. The minimum absolute atomic E-state index is 0.298. The Morgan fingerprint density at radius 3 is 2.68 bits per heavy atom. The van der Waals surface area contributed by atoms with Crippen molar-refractivity contribution >= 4 is 22.3 Å². The van der Waals surface area contributed by atoms with Gasteiger partial charge in [-0.15, -0.1) is 0 Å². The number of carboxylic acid groups (broad SMARTS) is 1. The number of aryl methyl sites for hydroxylation is 1. The van der Waals surface area contributed by atoms with Crippen molar-refractivity contribution in [2.24, 2.45) is 0 Å². The predicted octanol–water partition coefficient (Wildman–Crippen LogP) is 3.09. The largest absolute Gasteiger partial charge is 0.497 e. The van der Waals surface area contributed by atoms with Crippen molar-refractivity contribution < 1.29 is 19.4 Å². The topological polar surface area (TPSA) is 73.1 Å². The van der Waals surface area contributed by atoms with Crippen LogP contribution in [0.15, 0.2) is 24.4 Å². The molecule has 2 aromatic heterocycles. The van der Waals surface area contributed by atoms with E-state index < -0.39 is 5.97 Å². The minimum Gasteiger partial charge on any atom is -0.497 e. The summed E-state index contributed by atoms with van der Waals surface area (Å²) in [6.07, 6.45) is 1.81. The quantitative estimate of drug-likeness (QED) is 0.800. The second kappa shape index (κ2) is 5.34. The van der Waals surface area contributed by atoms with E-state index in [4.69, 9.17) is 14.6 Å². The molecule has 0 unspecified atom stereocenters. The summed E-state index contributed by atoms with van der Waals surface area (Å²) in [4.78, 5) is 16.6. The molecule has 0 spiro atoms. The number of ether oxygens (including phenoxy) is 2. The van der Waals surface area contributed by atoms with E-state index in [-0.39, 0.29) is 0 Å². The molecule has 22 heavy (non-hydrogen) atoms. The average molecular weight is 318 g/mol. The van der Waals surface area contributed by atoms with Gasteiger partial charge in [-0.2, -0.15) is 0 Å². The Hall–Kier alpha value is -2.54. The summed E-state index contributed by atoms with van der Waals surface area (Å²) < 4.78 is 12.4. The maximum absolute atomic E-state index is 11.2. The third-order valence-corrected chi connectivity index (χ3v) is 4.58. The third-order valence-electron chi connectivity index (χ3n) is 3.43. The Balaban J connectivity index is 2.17. The summed E-state index contributed by atoms with van der Waals surface area (Å²) in [6, 6.07) is 5.48. The number of thiazole rings is 1. The zero-order chi connectivity index (χ0) is 15.9. The molecule has 114 valence electrons. The summed E-state index contributed by atoms with van der Waals surface area (Å²) in [6.45, 7) is 1.77. The van der Waals surface area contributed by atoms with Crippen LogP contribution in [0.1, 0.15) is 15.4 Å². The van der Waals surface area contributed by atoms with Crippen molar-refractivity contribution in [3.05, 3.63) is 35.0 Å². The first-order valence-corrected chi connectivity index (χ1v) is 7.31. The van der Waals surface area contributed by atoms with Gasteiger partial charge < -0.3 is 14.6 Å². The fraction of sp³-hybridized carbons (Fsp3) is 0.200. The highest BCUT2D eigenvalue weighted by Crippen LogP contribution is 2.34. The van der Waals surface area contributed by atoms with Crippen molar-refractivity contribution in [1.29, 1.82) is 0 Å². The number of carboxylic acids is 1. The first kappa shape index (κ1) is 14.4. The van der Waals surface area contributed by atoms with Crippen LogP contribution >= 0.6 is 11.3 Å². The van der Waals surface area contributed by atoms with E-state index in [1.54, 1.807) is 25.5 Å². The van der Waals surface area contributed by atoms with Gasteiger partial charge in [-0.05, 0) is 25.1 Å². The monoisotopic (exact) mass is 318 g/mol. The van der Waals surface area contributed by atoms with Gasteiger partial charge in [0.05, 0.1) is 19.9 Å². The number of hydrogen-bond acceptors (Lipinski definition) is 5. The second-order valence-corrected chi connectivity index (χ2v) is 5.64. The predicted molar refractivity (Wildman–Crippen MR) is 83.3 cm³/mol. The lowest BCUT2D eigenvalue weighted by atomic mass is 10.1. The van der Waals surface area contributed by atoms with Crippen LogP contribution < -0.4 is 9.47 Å². The van der Waals surface area contributed by atoms with Crippen LogP contribution in [0.25, 0.3) is 16.2 Å². The molecular formula is C15H14N2O4S. The Bertz CT molecular complexity index is 866. The molecule has 0 aliphatic heterocycles. The number of hydrogen-bond donors (Lipinski definition) is 1. The van der Waals surface area contributed by atoms with E-state index in [1.807, 2.05) is 24.4 Å². The zero-order valence-corrected chi connectivity index (χ0v) is 13.1. The van der Waals surface area contributed by atoms with Crippen LogP contribution in [0, 0.1) is 6.92 Å². The van der Waals surface area contributed by atoms with Gasteiger partial charge >= 0.3 is 5.97 Å². The molecule has 1 aromatic carbocycles. The molecule has 7 heteroatoms. The zero-order valence-electron chi connectivity index (χ0n) is 12.3. The molecule has 2 heterocycles. The molecule has 0 saturated carbocycles. The number of nitrogens with zero attached hydrogens (tertiary/aromatic N) is 2. The molecule has 0 atom stereocenters. The average Bonchev–Trinajstić information content (AvgIpc) is 3.06. The van der Waals surface area contributed by atoms with Gasteiger partial charge in [0.1, 0.15) is 16.4 Å². The lowest BCUT2D eigenvalue weighted by molar-refractivity contribution is 0.0701. The molecule has 6 nitrogen and oxygen atoms in total. The van der Waals surface area contributed by atoms with Crippen molar-refractivity contribution in [3.8, 4) is 22.8 Å². The molecule has 0 aliphatic rings. The number of benzene rings is 1. The van der Waals surface area contributed by atoms with Gasteiger partial charge in [0, 0.05) is 17.5 Å². The van der Waals surface area contributed by atoms with Crippen LogP contribution in [0.2, 0.25) is 0 Å². The molecule has 3 rings (SSSR count). The van der Waals surface area contributed by atoms with E-state index in [0.29, 0.717) is 32.7 Å². The van der Waals surface area contributed by atoms with Crippen LogP contribution in [0.4, 0.5) is 0 Å². The van der Waals surface area contributed by atoms with Crippen molar-refractivity contribution in [2.45, 2.75) is 6.92 Å². The minimum atomic E-state index is -0.937. The fourth-order valence-corrected chi connectivity index (χ4v) is 3.24. The van der Waals surface area contributed by atoms with Crippen LogP contribution in [0.3, 0.4) is 0 Å². The Kier molecular flexibility index (Phi) is 3.50. The Morgan fingerprint density at radius 2 is 2.09 bits per heavy atom. The summed E-state index contributed by atoms with van der Waals surface area (Å²) in [5.74, 6) is 0.450. The van der Waals surface area contributed by atoms with E-state index >= 15 is 0 Å². The molecule has 0 fully saturated rings. The van der Waals surface area contributed by atoms with Gasteiger partial charge in [-0.3, -0.25) is 4.40 Å². The van der Waals surface area contributed by atoms with Gasteiger partial charge in [-0.1, -0.05) is 11.3 Å². The molecule has 0 bridgehead atoms. The lowest BCUT2D eigenvalue weighted by Crippen LogP contribution is -1.96. The second-order valence-electron chi connectivity index (χ2n) is 4.67. The van der Waals surface area contributed by atoms with Crippen LogP contribution in [-0.2, 0) is 0 Å². The van der Waals surface area contributed by atoms with Crippen molar-refractivity contribution in [1.82, 2.24) is 9.38 Å². The first-order valence-electron chi connectivity index (χ1n) is 6.49. The van der Waals surface area contributed by atoms with Gasteiger partial charge in [0.15, 0.2) is 4.96 Å². The number of imidazole rings is 1. The Labute approximate surface area is 130 Å². The summed E-state index contributed by atoms with van der Waals surface area (Å²) in [7, 11) is 3.19. The molecule has 0 radical (unpaired) electrons.